The van der Waals surface area contributed by atoms with Gasteiger partial charge in [-0.05, 0) is 61.7 Å². The van der Waals surface area contributed by atoms with E-state index >= 15 is 0 Å². The normalized spacial score (nSPS) is 31.6. The van der Waals surface area contributed by atoms with Crippen LogP contribution in [0.4, 0.5) is 0 Å². The lowest BCUT2D eigenvalue weighted by molar-refractivity contribution is -0.141. The Morgan fingerprint density at radius 3 is 2.22 bits per heavy atom. The Balaban J connectivity index is 2.09. The third-order valence-electron chi connectivity index (χ3n) is 9.10. The van der Waals surface area contributed by atoms with E-state index in [9.17, 15) is 39.6 Å². The highest BCUT2D eigenvalue weighted by molar-refractivity contribution is 6.22. The Labute approximate surface area is 216 Å². The zero-order valence-corrected chi connectivity index (χ0v) is 21.8. The lowest BCUT2D eigenvalue weighted by Crippen LogP contribution is -2.51. The van der Waals surface area contributed by atoms with Gasteiger partial charge in [0.25, 0.3) is 0 Å². The van der Waals surface area contributed by atoms with Gasteiger partial charge in [0.1, 0.15) is 12.1 Å². The second-order valence-corrected chi connectivity index (χ2v) is 11.1. The number of hydrogen-bond donors (Lipinski definition) is 6. The second-order valence-electron chi connectivity index (χ2n) is 11.1. The largest absolute Gasteiger partial charge is 0.480 e. The number of allylic oxidation sites excluding steroid dienone is 4. The quantitative estimate of drug-likeness (QED) is 0.184. The number of carbonyl (C=O) groups excluding carboxylic acids is 2. The number of aliphatic carboxylic acids is 2. The SMILES string of the molecule is CC1=CCC[C@H]2[C@](C)(CC3=C(N[C@@H](CO)C(=O)O)C(=O)C=C(N[C@@H](CO)C(=O)O)C3=O)[C@@H](C)CC[C@]12C. The van der Waals surface area contributed by atoms with Crippen molar-refractivity contribution in [2.45, 2.75) is 71.9 Å². The van der Waals surface area contributed by atoms with Gasteiger partial charge in [0.15, 0.2) is 0 Å². The molecular formula is C27H38N2O8. The minimum atomic E-state index is -1.50. The number of carbonyl (C=O) groups is 4. The van der Waals surface area contributed by atoms with Gasteiger partial charge in [0, 0.05) is 11.6 Å². The highest BCUT2D eigenvalue weighted by Gasteiger charge is 2.54. The number of hydrogen-bond acceptors (Lipinski definition) is 8. The van der Waals surface area contributed by atoms with E-state index in [0.717, 1.165) is 31.8 Å². The van der Waals surface area contributed by atoms with Gasteiger partial charge in [0.2, 0.25) is 11.6 Å². The number of fused-ring (bicyclic) bond motifs is 1. The molecule has 0 unspecified atom stereocenters. The molecule has 1 saturated carbocycles. The molecule has 0 aromatic rings. The molecule has 1 fully saturated rings. The zero-order chi connectivity index (χ0) is 27.7. The molecule has 3 aliphatic carbocycles. The van der Waals surface area contributed by atoms with Crippen LogP contribution in [0.2, 0.25) is 0 Å². The molecule has 3 aliphatic rings. The van der Waals surface area contributed by atoms with Crippen molar-refractivity contribution in [1.29, 1.82) is 0 Å². The monoisotopic (exact) mass is 518 g/mol. The van der Waals surface area contributed by atoms with Crippen LogP contribution in [0.25, 0.3) is 0 Å². The van der Waals surface area contributed by atoms with E-state index in [2.05, 4.69) is 44.4 Å². The van der Waals surface area contributed by atoms with E-state index in [1.807, 2.05) is 0 Å². The molecule has 0 radical (unpaired) electrons. The molecule has 6 N–H and O–H groups in total. The van der Waals surface area contributed by atoms with Gasteiger partial charge in [-0.25, -0.2) is 9.59 Å². The molecule has 0 saturated heterocycles. The van der Waals surface area contributed by atoms with Crippen LogP contribution in [-0.2, 0) is 19.2 Å². The topological polar surface area (TPSA) is 173 Å². The molecular weight excluding hydrogens is 480 g/mol. The molecule has 6 atom stereocenters. The first kappa shape index (κ1) is 28.6. The summed E-state index contributed by atoms with van der Waals surface area (Å²) >= 11 is 0. The highest BCUT2D eigenvalue weighted by atomic mass is 16.4. The van der Waals surface area contributed by atoms with Gasteiger partial charge in [-0.3, -0.25) is 9.59 Å². The first-order valence-corrected chi connectivity index (χ1v) is 12.7. The summed E-state index contributed by atoms with van der Waals surface area (Å²) in [7, 11) is 0. The Hall–Kier alpha value is -2.98. The van der Waals surface area contributed by atoms with Gasteiger partial charge in [-0.2, -0.15) is 0 Å². The van der Waals surface area contributed by atoms with Gasteiger partial charge in [-0.1, -0.05) is 32.4 Å². The van der Waals surface area contributed by atoms with Crippen molar-refractivity contribution in [3.05, 3.63) is 34.7 Å². The van der Waals surface area contributed by atoms with Crippen LogP contribution in [0.1, 0.15) is 59.8 Å². The second kappa shape index (κ2) is 10.8. The Bertz CT molecular complexity index is 1080. The Morgan fingerprint density at radius 1 is 1.05 bits per heavy atom. The van der Waals surface area contributed by atoms with Crippen LogP contribution < -0.4 is 10.6 Å². The molecule has 0 bridgehead atoms. The smallest absolute Gasteiger partial charge is 0.328 e. The van der Waals surface area contributed by atoms with Crippen molar-refractivity contribution in [1.82, 2.24) is 10.6 Å². The summed E-state index contributed by atoms with van der Waals surface area (Å²) in [5, 5.41) is 42.8. The van der Waals surface area contributed by atoms with Gasteiger partial charge in [-0.15, -0.1) is 0 Å². The van der Waals surface area contributed by atoms with Crippen LogP contribution >= 0.6 is 0 Å². The summed E-state index contributed by atoms with van der Waals surface area (Å²) in [6.45, 7) is 7.02. The van der Waals surface area contributed by atoms with Crippen LogP contribution in [0.5, 0.6) is 0 Å². The average molecular weight is 519 g/mol. The number of Topliss-reactive ketones (excluding diaryl/α,β-unsaturated/α-hetero) is 1. The number of aliphatic hydroxyl groups is 2. The van der Waals surface area contributed by atoms with Crippen LogP contribution in [-0.4, -0.2) is 69.2 Å². The summed E-state index contributed by atoms with van der Waals surface area (Å²) < 4.78 is 0. The lowest BCUT2D eigenvalue weighted by atomic mass is 9.46. The van der Waals surface area contributed by atoms with E-state index in [-0.39, 0.29) is 40.6 Å². The van der Waals surface area contributed by atoms with E-state index < -0.39 is 54.2 Å². The predicted octanol–water partition coefficient (Wildman–Crippen LogP) is 1.54. The maximum Gasteiger partial charge on any atom is 0.328 e. The van der Waals surface area contributed by atoms with Crippen molar-refractivity contribution in [2.24, 2.45) is 22.7 Å². The first-order valence-electron chi connectivity index (χ1n) is 12.7. The van der Waals surface area contributed by atoms with Gasteiger partial charge < -0.3 is 31.1 Å². The molecule has 3 rings (SSSR count). The fraction of sp³-hybridized carbons (Fsp3) is 0.630. The molecule has 0 spiro atoms. The molecule has 0 heterocycles. The van der Waals surface area contributed by atoms with Crippen LogP contribution in [0, 0.1) is 22.7 Å². The molecule has 0 amide bonds. The van der Waals surface area contributed by atoms with Crippen molar-refractivity contribution in [3.63, 3.8) is 0 Å². The summed E-state index contributed by atoms with van der Waals surface area (Å²) in [4.78, 5) is 50.1. The minimum absolute atomic E-state index is 0.0579. The Kier molecular flexibility index (Phi) is 8.34. The predicted molar refractivity (Wildman–Crippen MR) is 134 cm³/mol. The van der Waals surface area contributed by atoms with Crippen molar-refractivity contribution < 1.29 is 39.6 Å². The summed E-state index contributed by atoms with van der Waals surface area (Å²) in [6.07, 6.45) is 7.08. The molecule has 0 aromatic carbocycles. The molecule has 10 nitrogen and oxygen atoms in total. The molecule has 10 heteroatoms. The van der Waals surface area contributed by atoms with Crippen LogP contribution in [0.3, 0.4) is 0 Å². The van der Waals surface area contributed by atoms with E-state index in [1.54, 1.807) is 0 Å². The maximum absolute atomic E-state index is 13.7. The van der Waals surface area contributed by atoms with E-state index in [1.165, 1.54) is 5.57 Å². The lowest BCUT2D eigenvalue weighted by Gasteiger charge is -2.58. The molecule has 37 heavy (non-hydrogen) atoms. The molecule has 0 aromatic heterocycles. The Morgan fingerprint density at radius 2 is 1.65 bits per heavy atom. The fourth-order valence-electron chi connectivity index (χ4n) is 6.45. The number of aliphatic hydroxyl groups excluding tert-OH is 2. The molecule has 204 valence electrons. The van der Waals surface area contributed by atoms with Crippen LogP contribution in [0.15, 0.2) is 34.7 Å². The third-order valence-corrected chi connectivity index (χ3v) is 9.10. The fourth-order valence-corrected chi connectivity index (χ4v) is 6.45. The number of rotatable bonds is 10. The summed E-state index contributed by atoms with van der Waals surface area (Å²) in [6, 6.07) is -3.00. The number of carboxylic acids is 2. The molecule has 0 aliphatic heterocycles. The number of nitrogens with one attached hydrogen (secondary N) is 2. The van der Waals surface area contributed by atoms with Gasteiger partial charge in [0.05, 0.1) is 24.6 Å². The van der Waals surface area contributed by atoms with Crippen molar-refractivity contribution >= 4 is 23.5 Å². The van der Waals surface area contributed by atoms with E-state index in [4.69, 9.17) is 0 Å². The van der Waals surface area contributed by atoms with Crippen molar-refractivity contribution in [2.75, 3.05) is 13.2 Å². The third kappa shape index (κ3) is 5.22. The zero-order valence-electron chi connectivity index (χ0n) is 21.8. The summed E-state index contributed by atoms with van der Waals surface area (Å²) in [5.41, 5.74) is 0.397. The van der Waals surface area contributed by atoms with Gasteiger partial charge >= 0.3 is 11.9 Å². The average Bonchev–Trinajstić information content (AvgIpc) is 2.83. The van der Waals surface area contributed by atoms with E-state index in [0.29, 0.717) is 0 Å². The minimum Gasteiger partial charge on any atom is -0.480 e. The number of ketones is 2. The highest BCUT2D eigenvalue weighted by Crippen LogP contribution is 2.62. The standard InChI is InChI=1S/C27H38N2O8/c1-14-6-5-7-21-26(14,3)9-8-15(2)27(21,4)11-16-22(29-19(13-31)25(36)37)20(32)10-17(23(16)33)28-18(12-30)24(34)35/h6,10,15,18-19,21,28-31H,5,7-9,11-13H2,1-4H3,(H,34,35)(H,36,37)/t15-,18-,19-,21+,26+,27+/m0/s1. The maximum atomic E-state index is 13.7. The van der Waals surface area contributed by atoms with Crippen molar-refractivity contribution in [3.8, 4) is 0 Å². The first-order chi connectivity index (χ1) is 17.3. The number of carboxylic acid groups (broad SMARTS) is 2. The summed E-state index contributed by atoms with van der Waals surface area (Å²) in [5.74, 6) is -3.72.